The quantitative estimate of drug-likeness (QED) is 0.159. The van der Waals surface area contributed by atoms with E-state index < -0.39 is 59.7 Å². The zero-order valence-electron chi connectivity index (χ0n) is 32.5. The Morgan fingerprint density at radius 2 is 1.65 bits per heavy atom. The predicted octanol–water partition coefficient (Wildman–Crippen LogP) is 2.86. The summed E-state index contributed by atoms with van der Waals surface area (Å²) in [6, 6.07) is 6.27. The largest absolute Gasteiger partial charge is 0.480 e. The Balaban J connectivity index is 2.26. The summed E-state index contributed by atoms with van der Waals surface area (Å²) in [5, 5.41) is 18.4. The first kappa shape index (κ1) is 43.6. The van der Waals surface area contributed by atoms with Gasteiger partial charge in [-0.2, -0.15) is 0 Å². The summed E-state index contributed by atoms with van der Waals surface area (Å²) in [5.74, 6) is -3.36. The van der Waals surface area contributed by atoms with Gasteiger partial charge in [0.25, 0.3) is 0 Å². The second kappa shape index (κ2) is 19.9. The smallest absolute Gasteiger partial charge is 0.326 e. The summed E-state index contributed by atoms with van der Waals surface area (Å²) in [5.41, 5.74) is -0.0968. The standard InChI is InChI=1S/C38H63N5O8/c1-12-24(4)32(42(9)35(46)31(23(2)3)41-37(49)38(6,7)39-8)29(50-10)22-30(44)43-20-16-19-28(43)33(51-11)25(5)34(45)40-27(36(47)48)21-26-17-14-13-15-18-26/h13-15,17-18,23-25,27-29,31-33,39H,12,16,19-22H2,1-11H3,(H,40,45)(H,41,49)(H,47,48)/t24-,25+,27-,28-,29+,31-,32-,33+/m0/s1. The number of carboxylic acids is 1. The number of likely N-dealkylation sites (N-methyl/N-ethyl adjacent to an activating group) is 2. The van der Waals surface area contributed by atoms with Crippen LogP contribution in [0.5, 0.6) is 0 Å². The third kappa shape index (κ3) is 11.5. The summed E-state index contributed by atoms with van der Waals surface area (Å²) in [7, 11) is 6.41. The summed E-state index contributed by atoms with van der Waals surface area (Å²) < 4.78 is 11.8. The van der Waals surface area contributed by atoms with Gasteiger partial charge in [-0.05, 0) is 51.1 Å². The normalized spacial score (nSPS) is 19.0. The second-order valence-electron chi connectivity index (χ2n) is 14.7. The van der Waals surface area contributed by atoms with Crippen LogP contribution in [0.4, 0.5) is 0 Å². The van der Waals surface area contributed by atoms with E-state index in [4.69, 9.17) is 9.47 Å². The number of carbonyl (C=O) groups is 5. The summed E-state index contributed by atoms with van der Waals surface area (Å²) in [4.78, 5) is 70.0. The fourth-order valence-corrected chi connectivity index (χ4v) is 6.83. The lowest BCUT2D eigenvalue weighted by atomic mass is 9.89. The van der Waals surface area contributed by atoms with Crippen molar-refractivity contribution in [3.63, 3.8) is 0 Å². The maximum atomic E-state index is 14.1. The molecule has 1 aliphatic heterocycles. The van der Waals surface area contributed by atoms with E-state index in [9.17, 15) is 29.1 Å². The fourth-order valence-electron chi connectivity index (χ4n) is 6.83. The molecule has 1 aromatic carbocycles. The van der Waals surface area contributed by atoms with Gasteiger partial charge in [0.05, 0.1) is 42.2 Å². The van der Waals surface area contributed by atoms with E-state index in [1.165, 1.54) is 14.2 Å². The number of rotatable bonds is 20. The predicted molar refractivity (Wildman–Crippen MR) is 196 cm³/mol. The monoisotopic (exact) mass is 717 g/mol. The topological polar surface area (TPSA) is 167 Å². The molecule has 13 heteroatoms. The van der Waals surface area contributed by atoms with Crippen molar-refractivity contribution in [2.45, 2.75) is 122 Å². The lowest BCUT2D eigenvalue weighted by Crippen LogP contribution is -2.61. The van der Waals surface area contributed by atoms with Gasteiger partial charge in [0.1, 0.15) is 12.1 Å². The molecule has 4 amide bonds. The van der Waals surface area contributed by atoms with Gasteiger partial charge < -0.3 is 40.3 Å². The Kier molecular flexibility index (Phi) is 17.0. The minimum absolute atomic E-state index is 0.0136. The minimum atomic E-state index is -1.14. The highest BCUT2D eigenvalue weighted by molar-refractivity contribution is 5.92. The molecule has 0 aliphatic carbocycles. The number of nitrogens with zero attached hydrogens (tertiary/aromatic N) is 2. The molecule has 2 rings (SSSR count). The van der Waals surface area contributed by atoms with E-state index >= 15 is 0 Å². The molecule has 1 fully saturated rings. The zero-order valence-corrected chi connectivity index (χ0v) is 32.5. The lowest BCUT2D eigenvalue weighted by molar-refractivity contribution is -0.148. The average molecular weight is 718 g/mol. The van der Waals surface area contributed by atoms with Gasteiger partial charge in [0.2, 0.25) is 23.6 Å². The van der Waals surface area contributed by atoms with Gasteiger partial charge >= 0.3 is 5.97 Å². The highest BCUT2D eigenvalue weighted by atomic mass is 16.5. The van der Waals surface area contributed by atoms with E-state index in [1.54, 1.807) is 44.7 Å². The molecule has 1 saturated heterocycles. The van der Waals surface area contributed by atoms with Crippen molar-refractivity contribution < 1.29 is 38.6 Å². The zero-order chi connectivity index (χ0) is 38.6. The third-order valence-corrected chi connectivity index (χ3v) is 10.6. The van der Waals surface area contributed by atoms with Gasteiger partial charge in [0, 0.05) is 34.2 Å². The second-order valence-corrected chi connectivity index (χ2v) is 14.7. The molecule has 4 N–H and O–H groups in total. The molecule has 288 valence electrons. The Bertz CT molecular complexity index is 1310. The molecular weight excluding hydrogens is 654 g/mol. The number of methoxy groups -OCH3 is 2. The Hall–Kier alpha value is -3.55. The van der Waals surface area contributed by atoms with Crippen LogP contribution in [0, 0.1) is 17.8 Å². The van der Waals surface area contributed by atoms with Crippen LogP contribution in [0.1, 0.15) is 79.7 Å². The van der Waals surface area contributed by atoms with Gasteiger partial charge in [-0.25, -0.2) is 4.79 Å². The van der Waals surface area contributed by atoms with Crippen LogP contribution in [-0.4, -0.2) is 121 Å². The van der Waals surface area contributed by atoms with Crippen LogP contribution in [0.25, 0.3) is 0 Å². The van der Waals surface area contributed by atoms with Crippen LogP contribution < -0.4 is 16.0 Å². The van der Waals surface area contributed by atoms with Crippen molar-refractivity contribution in [1.82, 2.24) is 25.8 Å². The Labute approximate surface area is 304 Å². The van der Waals surface area contributed by atoms with E-state index in [0.29, 0.717) is 25.8 Å². The number of benzene rings is 1. The highest BCUT2D eigenvalue weighted by Crippen LogP contribution is 2.30. The van der Waals surface area contributed by atoms with Gasteiger partial charge in [-0.1, -0.05) is 71.4 Å². The van der Waals surface area contributed by atoms with Crippen molar-refractivity contribution in [2.24, 2.45) is 17.8 Å². The van der Waals surface area contributed by atoms with Crippen molar-refractivity contribution in [3.05, 3.63) is 35.9 Å². The molecule has 51 heavy (non-hydrogen) atoms. The molecule has 0 saturated carbocycles. The number of amides is 4. The van der Waals surface area contributed by atoms with E-state index in [2.05, 4.69) is 16.0 Å². The van der Waals surface area contributed by atoms with Gasteiger partial charge in [-0.3, -0.25) is 19.2 Å². The maximum Gasteiger partial charge on any atom is 0.326 e. The Morgan fingerprint density at radius 3 is 2.16 bits per heavy atom. The highest BCUT2D eigenvalue weighted by Gasteiger charge is 2.43. The molecule has 1 aromatic rings. The number of likely N-dealkylation sites (tertiary alicyclic amines) is 1. The van der Waals surface area contributed by atoms with E-state index in [0.717, 1.165) is 5.56 Å². The van der Waals surface area contributed by atoms with Crippen LogP contribution in [0.15, 0.2) is 30.3 Å². The number of aliphatic carboxylic acids is 1. The summed E-state index contributed by atoms with van der Waals surface area (Å²) in [6.07, 6.45) is 0.809. The molecule has 0 radical (unpaired) electrons. The number of hydrogen-bond donors (Lipinski definition) is 4. The van der Waals surface area contributed by atoms with Crippen LogP contribution >= 0.6 is 0 Å². The van der Waals surface area contributed by atoms with Crippen LogP contribution in [0.2, 0.25) is 0 Å². The molecular formula is C38H63N5O8. The summed E-state index contributed by atoms with van der Waals surface area (Å²) >= 11 is 0. The van der Waals surface area contributed by atoms with Crippen molar-refractivity contribution in [1.29, 1.82) is 0 Å². The number of nitrogens with one attached hydrogen (secondary N) is 3. The maximum absolute atomic E-state index is 14.1. The first-order valence-corrected chi connectivity index (χ1v) is 18.1. The number of hydrogen-bond acceptors (Lipinski definition) is 8. The van der Waals surface area contributed by atoms with E-state index in [1.807, 2.05) is 58.0 Å². The molecule has 0 bridgehead atoms. The first-order chi connectivity index (χ1) is 23.9. The molecule has 0 unspecified atom stereocenters. The molecule has 1 heterocycles. The molecule has 8 atom stereocenters. The first-order valence-electron chi connectivity index (χ1n) is 18.1. The van der Waals surface area contributed by atoms with Gasteiger partial charge in [0.15, 0.2) is 0 Å². The van der Waals surface area contributed by atoms with Crippen molar-refractivity contribution >= 4 is 29.6 Å². The SMILES string of the molecule is CC[C@H](C)[C@@H]([C@@H](CC(=O)N1CCC[C@H]1[C@H](OC)[C@@H](C)C(=O)N[C@@H](Cc1ccccc1)C(=O)O)OC)N(C)C(=O)[C@@H](NC(=O)C(C)(C)NC)C(C)C. The van der Waals surface area contributed by atoms with Crippen molar-refractivity contribution in [2.75, 3.05) is 34.9 Å². The third-order valence-electron chi connectivity index (χ3n) is 10.6. The van der Waals surface area contributed by atoms with Crippen LogP contribution in [-0.2, 0) is 39.9 Å². The Morgan fingerprint density at radius 1 is 1.02 bits per heavy atom. The number of carbonyl (C=O) groups excluding carboxylic acids is 4. The summed E-state index contributed by atoms with van der Waals surface area (Å²) in [6.45, 7) is 13.4. The van der Waals surface area contributed by atoms with E-state index in [-0.39, 0.29) is 42.4 Å². The molecule has 13 nitrogen and oxygen atoms in total. The molecule has 1 aliphatic rings. The van der Waals surface area contributed by atoms with Crippen molar-refractivity contribution in [3.8, 4) is 0 Å². The molecule has 0 aromatic heterocycles. The fraction of sp³-hybridized carbons (Fsp3) is 0.711. The molecule has 0 spiro atoms. The van der Waals surface area contributed by atoms with Crippen LogP contribution in [0.3, 0.4) is 0 Å². The number of ether oxygens (including phenoxy) is 2. The number of carboxylic acid groups (broad SMARTS) is 1. The minimum Gasteiger partial charge on any atom is -0.480 e. The van der Waals surface area contributed by atoms with Gasteiger partial charge in [-0.15, -0.1) is 0 Å². The lowest BCUT2D eigenvalue weighted by Gasteiger charge is -2.41. The average Bonchev–Trinajstić information content (AvgIpc) is 3.59.